The fourth-order valence-electron chi connectivity index (χ4n) is 1.49. The summed E-state index contributed by atoms with van der Waals surface area (Å²) in [6.07, 6.45) is 2.64. The van der Waals surface area contributed by atoms with Crippen LogP contribution in [0.15, 0.2) is 46.1 Å². The highest BCUT2D eigenvalue weighted by molar-refractivity contribution is 5.94. The summed E-state index contributed by atoms with van der Waals surface area (Å²) in [5.74, 6) is -1.47. The zero-order valence-corrected chi connectivity index (χ0v) is 11.3. The highest BCUT2D eigenvalue weighted by Gasteiger charge is 2.09. The summed E-state index contributed by atoms with van der Waals surface area (Å²) >= 11 is 0. The summed E-state index contributed by atoms with van der Waals surface area (Å²) in [7, 11) is 0. The Labute approximate surface area is 125 Å². The number of furan rings is 1. The number of phenols is 2. The lowest BCUT2D eigenvalue weighted by Gasteiger charge is -2.02. The minimum Gasteiger partial charge on any atom is -0.504 e. The molecule has 0 atom stereocenters. The van der Waals surface area contributed by atoms with Crippen molar-refractivity contribution < 1.29 is 24.2 Å². The minimum atomic E-state index is -0.529. The van der Waals surface area contributed by atoms with E-state index in [0.29, 0.717) is 5.56 Å². The molecule has 0 bridgehead atoms. The van der Waals surface area contributed by atoms with Gasteiger partial charge in [0, 0.05) is 0 Å². The average Bonchev–Trinajstić information content (AvgIpc) is 3.03. The highest BCUT2D eigenvalue weighted by Crippen LogP contribution is 2.23. The number of phenolic OH excluding ortho intramolecular Hbond substituents is 2. The smallest absolute Gasteiger partial charge is 0.287 e. The van der Waals surface area contributed by atoms with Gasteiger partial charge >= 0.3 is 0 Å². The van der Waals surface area contributed by atoms with Gasteiger partial charge in [0.05, 0.1) is 19.0 Å². The van der Waals surface area contributed by atoms with Gasteiger partial charge in [-0.2, -0.15) is 5.10 Å². The second-order valence-corrected chi connectivity index (χ2v) is 4.20. The Bertz CT molecular complexity index is 695. The summed E-state index contributed by atoms with van der Waals surface area (Å²) in [4.78, 5) is 23.0. The van der Waals surface area contributed by atoms with E-state index in [2.05, 4.69) is 15.8 Å². The van der Waals surface area contributed by atoms with Crippen LogP contribution < -0.4 is 10.7 Å². The fraction of sp³-hybridized carbons (Fsp3) is 0.0714. The van der Waals surface area contributed by atoms with Gasteiger partial charge in [-0.1, -0.05) is 0 Å². The molecule has 114 valence electrons. The van der Waals surface area contributed by atoms with Crippen molar-refractivity contribution in [1.82, 2.24) is 10.7 Å². The number of amides is 2. The van der Waals surface area contributed by atoms with Gasteiger partial charge < -0.3 is 19.9 Å². The molecule has 8 nitrogen and oxygen atoms in total. The molecule has 1 heterocycles. The first-order chi connectivity index (χ1) is 10.6. The maximum absolute atomic E-state index is 11.5. The third kappa shape index (κ3) is 4.10. The summed E-state index contributed by atoms with van der Waals surface area (Å²) in [5, 5.41) is 24.5. The van der Waals surface area contributed by atoms with E-state index in [1.54, 1.807) is 6.07 Å². The summed E-state index contributed by atoms with van der Waals surface area (Å²) in [6, 6.07) is 7.12. The topological polar surface area (TPSA) is 124 Å². The fourth-order valence-corrected chi connectivity index (χ4v) is 1.49. The number of carbonyl (C=O) groups is 2. The number of nitrogens with zero attached hydrogens (tertiary/aromatic N) is 1. The number of rotatable bonds is 5. The average molecular weight is 303 g/mol. The van der Waals surface area contributed by atoms with Gasteiger partial charge in [0.15, 0.2) is 17.3 Å². The summed E-state index contributed by atoms with van der Waals surface area (Å²) < 4.78 is 4.87. The van der Waals surface area contributed by atoms with E-state index in [9.17, 15) is 14.7 Å². The van der Waals surface area contributed by atoms with Gasteiger partial charge in [-0.25, -0.2) is 5.43 Å². The molecule has 2 aromatic rings. The summed E-state index contributed by atoms with van der Waals surface area (Å²) in [6.45, 7) is -0.266. The predicted molar refractivity (Wildman–Crippen MR) is 76.5 cm³/mol. The standard InChI is InChI=1S/C14H13N3O5/c18-10-4-3-9(6-11(10)19)7-16-17-13(20)8-15-14(21)12-2-1-5-22-12/h1-7,18-19H,8H2,(H,15,21)(H,17,20)/b16-7+. The number of nitrogens with one attached hydrogen (secondary N) is 2. The molecule has 2 rings (SSSR count). The van der Waals surface area contributed by atoms with Crippen molar-refractivity contribution in [2.24, 2.45) is 5.10 Å². The van der Waals surface area contributed by atoms with Crippen molar-refractivity contribution >= 4 is 18.0 Å². The Balaban J connectivity index is 1.78. The molecule has 0 aliphatic carbocycles. The molecular formula is C14H13N3O5. The highest BCUT2D eigenvalue weighted by atomic mass is 16.3. The van der Waals surface area contributed by atoms with E-state index in [1.165, 1.54) is 36.7 Å². The van der Waals surface area contributed by atoms with Crippen molar-refractivity contribution in [3.05, 3.63) is 47.9 Å². The molecule has 4 N–H and O–H groups in total. The Morgan fingerprint density at radius 2 is 2.05 bits per heavy atom. The van der Waals surface area contributed by atoms with Gasteiger partial charge in [-0.3, -0.25) is 9.59 Å². The minimum absolute atomic E-state index is 0.107. The molecule has 0 aliphatic heterocycles. The normalized spacial score (nSPS) is 10.5. The number of hydrogen-bond donors (Lipinski definition) is 4. The Morgan fingerprint density at radius 1 is 1.23 bits per heavy atom. The van der Waals surface area contributed by atoms with Crippen LogP contribution in [0, 0.1) is 0 Å². The van der Waals surface area contributed by atoms with E-state index in [4.69, 9.17) is 9.52 Å². The first-order valence-electron chi connectivity index (χ1n) is 6.22. The van der Waals surface area contributed by atoms with Crippen LogP contribution >= 0.6 is 0 Å². The molecule has 0 saturated carbocycles. The van der Waals surface area contributed by atoms with Gasteiger partial charge in [-0.05, 0) is 35.9 Å². The van der Waals surface area contributed by atoms with Crippen molar-refractivity contribution in [2.45, 2.75) is 0 Å². The van der Waals surface area contributed by atoms with Crippen LogP contribution in [0.2, 0.25) is 0 Å². The van der Waals surface area contributed by atoms with Gasteiger partial charge in [0.1, 0.15) is 0 Å². The van der Waals surface area contributed by atoms with Crippen LogP contribution in [-0.4, -0.2) is 34.8 Å². The zero-order valence-electron chi connectivity index (χ0n) is 11.3. The second-order valence-electron chi connectivity index (χ2n) is 4.20. The lowest BCUT2D eigenvalue weighted by atomic mass is 10.2. The van der Waals surface area contributed by atoms with Gasteiger partial charge in [-0.15, -0.1) is 0 Å². The number of aromatic hydroxyl groups is 2. The molecular weight excluding hydrogens is 290 g/mol. The number of hydrazone groups is 1. The second kappa shape index (κ2) is 6.93. The molecule has 0 radical (unpaired) electrons. The molecule has 1 aromatic carbocycles. The van der Waals surface area contributed by atoms with E-state index < -0.39 is 11.8 Å². The third-order valence-electron chi connectivity index (χ3n) is 2.56. The zero-order chi connectivity index (χ0) is 15.9. The maximum atomic E-state index is 11.5. The first kappa shape index (κ1) is 15.1. The summed E-state index contributed by atoms with van der Waals surface area (Å²) in [5.41, 5.74) is 2.69. The molecule has 22 heavy (non-hydrogen) atoms. The van der Waals surface area contributed by atoms with Crippen molar-refractivity contribution in [2.75, 3.05) is 6.54 Å². The van der Waals surface area contributed by atoms with E-state index in [1.807, 2.05) is 0 Å². The quantitative estimate of drug-likeness (QED) is 0.365. The largest absolute Gasteiger partial charge is 0.504 e. The molecule has 0 spiro atoms. The van der Waals surface area contributed by atoms with Crippen LogP contribution in [-0.2, 0) is 4.79 Å². The Hall–Kier alpha value is -3.29. The maximum Gasteiger partial charge on any atom is 0.287 e. The van der Waals surface area contributed by atoms with E-state index in [0.717, 1.165) is 0 Å². The van der Waals surface area contributed by atoms with Crippen molar-refractivity contribution in [3.63, 3.8) is 0 Å². The Morgan fingerprint density at radius 3 is 2.73 bits per heavy atom. The first-order valence-corrected chi connectivity index (χ1v) is 6.22. The van der Waals surface area contributed by atoms with E-state index >= 15 is 0 Å². The third-order valence-corrected chi connectivity index (χ3v) is 2.56. The number of benzene rings is 1. The van der Waals surface area contributed by atoms with Crippen molar-refractivity contribution in [1.29, 1.82) is 0 Å². The Kier molecular flexibility index (Phi) is 4.76. The van der Waals surface area contributed by atoms with E-state index in [-0.39, 0.29) is 23.8 Å². The molecule has 0 fully saturated rings. The van der Waals surface area contributed by atoms with Crippen LogP contribution in [0.3, 0.4) is 0 Å². The number of hydrogen-bond acceptors (Lipinski definition) is 6. The number of carbonyl (C=O) groups excluding carboxylic acids is 2. The van der Waals surface area contributed by atoms with Crippen molar-refractivity contribution in [3.8, 4) is 11.5 Å². The molecule has 2 amide bonds. The predicted octanol–water partition coefficient (Wildman–Crippen LogP) is 0.571. The van der Waals surface area contributed by atoms with Crippen LogP contribution in [0.1, 0.15) is 16.1 Å². The lowest BCUT2D eigenvalue weighted by Crippen LogP contribution is -2.34. The van der Waals surface area contributed by atoms with Gasteiger partial charge in [0.25, 0.3) is 11.8 Å². The van der Waals surface area contributed by atoms with Crippen LogP contribution in [0.4, 0.5) is 0 Å². The monoisotopic (exact) mass is 303 g/mol. The lowest BCUT2D eigenvalue weighted by molar-refractivity contribution is -0.120. The molecule has 8 heteroatoms. The van der Waals surface area contributed by atoms with Crippen LogP contribution in [0.25, 0.3) is 0 Å². The molecule has 0 unspecified atom stereocenters. The molecule has 1 aromatic heterocycles. The molecule has 0 saturated heterocycles. The van der Waals surface area contributed by atoms with Gasteiger partial charge in [0.2, 0.25) is 0 Å². The SMILES string of the molecule is O=C(CNC(=O)c1ccco1)N/N=C/c1ccc(O)c(O)c1. The van der Waals surface area contributed by atoms with Crippen LogP contribution in [0.5, 0.6) is 11.5 Å². The molecule has 0 aliphatic rings.